The van der Waals surface area contributed by atoms with E-state index in [1.807, 2.05) is 25.7 Å². The van der Waals surface area contributed by atoms with Crippen LogP contribution in [0.2, 0.25) is 0 Å². The first-order chi connectivity index (χ1) is 10.9. The molecule has 0 bridgehead atoms. The second-order valence-corrected chi connectivity index (χ2v) is 7.60. The molecule has 1 atom stereocenters. The van der Waals surface area contributed by atoms with E-state index in [1.54, 1.807) is 12.1 Å². The summed E-state index contributed by atoms with van der Waals surface area (Å²) in [5.41, 5.74) is 0.525. The predicted molar refractivity (Wildman–Crippen MR) is 89.9 cm³/mol. The molecular weight excluding hydrogens is 314 g/mol. The number of carbonyl (C=O) groups is 1. The van der Waals surface area contributed by atoms with Crippen LogP contribution in [0.1, 0.15) is 31.1 Å². The number of piperazine rings is 1. The highest BCUT2D eigenvalue weighted by atomic mass is 32.2. The topological polar surface area (TPSA) is 69.7 Å². The molecule has 0 radical (unpaired) electrons. The molecule has 0 saturated carbocycles. The molecule has 1 amide bonds. The largest absolute Gasteiger partial charge is 0.333 e. The summed E-state index contributed by atoms with van der Waals surface area (Å²) >= 11 is 0. The summed E-state index contributed by atoms with van der Waals surface area (Å²) in [5.74, 6) is -0.0502. The Balaban J connectivity index is 2.21. The molecule has 0 spiro atoms. The smallest absolute Gasteiger partial charge is 0.254 e. The van der Waals surface area contributed by atoms with Crippen LogP contribution < -0.4 is 5.32 Å². The van der Waals surface area contributed by atoms with Gasteiger partial charge in [-0.1, -0.05) is 13.8 Å². The standard InChI is InChI=1S/C16H25N3O3S/c1-4-18(5-2)23(21,22)15-8-6-14(7-9-15)16(20)19-11-10-17-12-13(19)3/h6-9,13,17H,4-5,10-12H2,1-3H3/t13-/m1/s1. The molecular formula is C16H25N3O3S. The Morgan fingerprint density at radius 1 is 1.26 bits per heavy atom. The van der Waals surface area contributed by atoms with Crippen molar-refractivity contribution in [2.75, 3.05) is 32.7 Å². The maximum absolute atomic E-state index is 12.6. The summed E-state index contributed by atoms with van der Waals surface area (Å²) in [6, 6.07) is 6.39. The van der Waals surface area contributed by atoms with Gasteiger partial charge in [-0.3, -0.25) is 4.79 Å². The van der Waals surface area contributed by atoms with Gasteiger partial charge in [0.15, 0.2) is 0 Å². The first-order valence-electron chi connectivity index (χ1n) is 8.03. The van der Waals surface area contributed by atoms with Crippen LogP contribution in [0.25, 0.3) is 0 Å². The minimum atomic E-state index is -3.48. The minimum absolute atomic E-state index is 0.0502. The molecule has 128 valence electrons. The molecule has 1 aliphatic rings. The average molecular weight is 339 g/mol. The lowest BCUT2D eigenvalue weighted by molar-refractivity contribution is 0.0655. The average Bonchev–Trinajstić information content (AvgIpc) is 2.55. The van der Waals surface area contributed by atoms with E-state index in [2.05, 4.69) is 5.32 Å². The van der Waals surface area contributed by atoms with E-state index in [9.17, 15) is 13.2 Å². The quantitative estimate of drug-likeness (QED) is 0.874. The van der Waals surface area contributed by atoms with Crippen molar-refractivity contribution in [3.05, 3.63) is 29.8 Å². The van der Waals surface area contributed by atoms with Crippen LogP contribution in [0.3, 0.4) is 0 Å². The zero-order valence-electron chi connectivity index (χ0n) is 13.9. The molecule has 1 saturated heterocycles. The van der Waals surface area contributed by atoms with Gasteiger partial charge in [0.25, 0.3) is 5.91 Å². The van der Waals surface area contributed by atoms with Gasteiger partial charge in [-0.2, -0.15) is 4.31 Å². The third kappa shape index (κ3) is 3.73. The normalized spacial score (nSPS) is 19.1. The van der Waals surface area contributed by atoms with Gasteiger partial charge >= 0.3 is 0 Å². The first-order valence-corrected chi connectivity index (χ1v) is 9.47. The second kappa shape index (κ2) is 7.42. The van der Waals surface area contributed by atoms with Gasteiger partial charge in [0, 0.05) is 44.3 Å². The fraction of sp³-hybridized carbons (Fsp3) is 0.562. The Bertz CT molecular complexity index is 639. The lowest BCUT2D eigenvalue weighted by atomic mass is 10.1. The number of benzene rings is 1. The summed E-state index contributed by atoms with van der Waals surface area (Å²) in [4.78, 5) is 14.6. The lowest BCUT2D eigenvalue weighted by Crippen LogP contribution is -2.52. The molecule has 2 rings (SSSR count). The molecule has 1 aromatic carbocycles. The van der Waals surface area contributed by atoms with E-state index in [0.717, 1.165) is 13.1 Å². The third-order valence-electron chi connectivity index (χ3n) is 4.21. The molecule has 1 aromatic rings. The number of nitrogens with one attached hydrogen (secondary N) is 1. The van der Waals surface area contributed by atoms with E-state index < -0.39 is 10.0 Å². The number of hydrogen-bond acceptors (Lipinski definition) is 4. The number of hydrogen-bond donors (Lipinski definition) is 1. The van der Waals surface area contributed by atoms with Crippen molar-refractivity contribution in [3.8, 4) is 0 Å². The summed E-state index contributed by atoms with van der Waals surface area (Å²) in [7, 11) is -3.48. The van der Waals surface area contributed by atoms with Crippen LogP contribution >= 0.6 is 0 Å². The zero-order chi connectivity index (χ0) is 17.0. The number of rotatable bonds is 5. The Labute approximate surface area is 138 Å². The van der Waals surface area contributed by atoms with Crippen molar-refractivity contribution in [1.29, 1.82) is 0 Å². The number of nitrogens with zero attached hydrogens (tertiary/aromatic N) is 2. The van der Waals surface area contributed by atoms with E-state index in [0.29, 0.717) is 25.2 Å². The fourth-order valence-corrected chi connectivity index (χ4v) is 4.25. The molecule has 1 N–H and O–H groups in total. The van der Waals surface area contributed by atoms with Gasteiger partial charge in [0.05, 0.1) is 4.90 Å². The van der Waals surface area contributed by atoms with Crippen molar-refractivity contribution < 1.29 is 13.2 Å². The van der Waals surface area contributed by atoms with Gasteiger partial charge in [-0.05, 0) is 31.2 Å². The minimum Gasteiger partial charge on any atom is -0.333 e. The second-order valence-electron chi connectivity index (χ2n) is 5.67. The van der Waals surface area contributed by atoms with E-state index >= 15 is 0 Å². The SMILES string of the molecule is CCN(CC)S(=O)(=O)c1ccc(C(=O)N2CCNC[C@H]2C)cc1. The Morgan fingerprint density at radius 3 is 2.39 bits per heavy atom. The molecule has 1 aliphatic heterocycles. The summed E-state index contributed by atoms with van der Waals surface area (Å²) in [5, 5.41) is 3.25. The van der Waals surface area contributed by atoms with Crippen LogP contribution in [0.15, 0.2) is 29.2 Å². The third-order valence-corrected chi connectivity index (χ3v) is 6.27. The Kier molecular flexibility index (Phi) is 5.78. The molecule has 1 fully saturated rings. The van der Waals surface area contributed by atoms with Crippen molar-refractivity contribution >= 4 is 15.9 Å². The molecule has 0 aliphatic carbocycles. The van der Waals surface area contributed by atoms with Gasteiger partial charge in [0.1, 0.15) is 0 Å². The number of amides is 1. The van der Waals surface area contributed by atoms with Crippen LogP contribution in [0.4, 0.5) is 0 Å². The van der Waals surface area contributed by atoms with E-state index in [1.165, 1.54) is 16.4 Å². The van der Waals surface area contributed by atoms with E-state index in [-0.39, 0.29) is 16.8 Å². The molecule has 23 heavy (non-hydrogen) atoms. The van der Waals surface area contributed by atoms with Gasteiger partial charge in [-0.25, -0.2) is 8.42 Å². The highest BCUT2D eigenvalue weighted by Gasteiger charge is 2.25. The predicted octanol–water partition coefficient (Wildman–Crippen LogP) is 1.15. The van der Waals surface area contributed by atoms with Crippen molar-refractivity contribution in [3.63, 3.8) is 0 Å². The van der Waals surface area contributed by atoms with Crippen LogP contribution in [0, 0.1) is 0 Å². The van der Waals surface area contributed by atoms with Crippen LogP contribution in [0.5, 0.6) is 0 Å². The fourth-order valence-electron chi connectivity index (χ4n) is 2.79. The molecule has 7 heteroatoms. The molecule has 0 unspecified atom stereocenters. The molecule has 1 heterocycles. The van der Waals surface area contributed by atoms with Crippen LogP contribution in [-0.4, -0.2) is 62.3 Å². The van der Waals surface area contributed by atoms with Crippen LogP contribution in [-0.2, 0) is 10.0 Å². The molecule has 0 aromatic heterocycles. The van der Waals surface area contributed by atoms with Crippen molar-refractivity contribution in [2.45, 2.75) is 31.7 Å². The summed E-state index contributed by atoms with van der Waals surface area (Å²) in [6.07, 6.45) is 0. The maximum Gasteiger partial charge on any atom is 0.254 e. The lowest BCUT2D eigenvalue weighted by Gasteiger charge is -2.34. The Hall–Kier alpha value is -1.44. The first kappa shape index (κ1) is 17.9. The number of carbonyl (C=O) groups excluding carboxylic acids is 1. The summed E-state index contributed by atoms with van der Waals surface area (Å²) in [6.45, 7) is 8.71. The molecule has 6 nitrogen and oxygen atoms in total. The van der Waals surface area contributed by atoms with Crippen molar-refractivity contribution in [2.24, 2.45) is 0 Å². The van der Waals surface area contributed by atoms with E-state index in [4.69, 9.17) is 0 Å². The monoisotopic (exact) mass is 339 g/mol. The maximum atomic E-state index is 12.6. The zero-order valence-corrected chi connectivity index (χ0v) is 14.8. The Morgan fingerprint density at radius 2 is 1.87 bits per heavy atom. The van der Waals surface area contributed by atoms with Gasteiger partial charge < -0.3 is 10.2 Å². The van der Waals surface area contributed by atoms with Gasteiger partial charge in [0.2, 0.25) is 10.0 Å². The highest BCUT2D eigenvalue weighted by molar-refractivity contribution is 7.89. The number of sulfonamides is 1. The highest BCUT2D eigenvalue weighted by Crippen LogP contribution is 2.18. The summed E-state index contributed by atoms with van der Waals surface area (Å²) < 4.78 is 26.3. The van der Waals surface area contributed by atoms with Gasteiger partial charge in [-0.15, -0.1) is 0 Å². The van der Waals surface area contributed by atoms with Crippen molar-refractivity contribution in [1.82, 2.24) is 14.5 Å².